The van der Waals surface area contributed by atoms with Crippen molar-refractivity contribution in [3.63, 3.8) is 0 Å². The van der Waals surface area contributed by atoms with E-state index < -0.39 is 11.9 Å². The fourth-order valence-electron chi connectivity index (χ4n) is 1.80. The zero-order chi connectivity index (χ0) is 17.5. The number of amides is 1. The Morgan fingerprint density at radius 3 is 2.54 bits per heavy atom. The molecule has 1 aromatic carbocycles. The summed E-state index contributed by atoms with van der Waals surface area (Å²) in [4.78, 5) is 26.9. The van der Waals surface area contributed by atoms with Crippen LogP contribution in [0.4, 0.5) is 11.5 Å². The van der Waals surface area contributed by atoms with Crippen LogP contribution in [0.2, 0.25) is 0 Å². The van der Waals surface area contributed by atoms with Crippen LogP contribution in [0.1, 0.15) is 15.9 Å². The number of anilines is 2. The largest absolute Gasteiger partial charge is 0.478 e. The quantitative estimate of drug-likeness (QED) is 0.575. The summed E-state index contributed by atoms with van der Waals surface area (Å²) in [6.45, 7) is 1.90. The van der Waals surface area contributed by atoms with Crippen molar-refractivity contribution in [1.82, 2.24) is 4.98 Å². The topological polar surface area (TPSA) is 115 Å². The average Bonchev–Trinajstić information content (AvgIpc) is 2.56. The van der Waals surface area contributed by atoms with Crippen molar-refractivity contribution in [3.8, 4) is 6.07 Å². The lowest BCUT2D eigenvalue weighted by atomic mass is 10.2. The van der Waals surface area contributed by atoms with Crippen LogP contribution in [0.3, 0.4) is 0 Å². The molecule has 0 fully saturated rings. The molecule has 0 saturated carbocycles. The van der Waals surface area contributed by atoms with Gasteiger partial charge in [0.05, 0.1) is 5.56 Å². The molecule has 24 heavy (non-hydrogen) atoms. The van der Waals surface area contributed by atoms with Gasteiger partial charge in [0.2, 0.25) is 0 Å². The molecule has 0 aliphatic heterocycles. The van der Waals surface area contributed by atoms with E-state index in [-0.39, 0.29) is 11.1 Å². The second-order valence-electron chi connectivity index (χ2n) is 4.87. The third-order valence-electron chi connectivity index (χ3n) is 3.03. The van der Waals surface area contributed by atoms with Gasteiger partial charge in [0.1, 0.15) is 17.5 Å². The van der Waals surface area contributed by atoms with Crippen LogP contribution in [0.5, 0.6) is 0 Å². The molecule has 7 nitrogen and oxygen atoms in total. The van der Waals surface area contributed by atoms with E-state index >= 15 is 0 Å². The Labute approximate surface area is 138 Å². The number of hydrogen-bond acceptors (Lipinski definition) is 5. The molecule has 0 aliphatic rings. The second-order valence-corrected chi connectivity index (χ2v) is 4.87. The molecule has 0 unspecified atom stereocenters. The molecule has 0 bridgehead atoms. The minimum absolute atomic E-state index is 0.108. The van der Waals surface area contributed by atoms with Crippen LogP contribution in [0.15, 0.2) is 54.4 Å². The highest BCUT2D eigenvalue weighted by molar-refractivity contribution is 6.06. The summed E-state index contributed by atoms with van der Waals surface area (Å²) in [6, 6.07) is 11.0. The van der Waals surface area contributed by atoms with E-state index in [9.17, 15) is 9.59 Å². The van der Waals surface area contributed by atoms with Crippen LogP contribution in [0, 0.1) is 18.3 Å². The molecule has 0 radical (unpaired) electrons. The zero-order valence-corrected chi connectivity index (χ0v) is 12.8. The van der Waals surface area contributed by atoms with Gasteiger partial charge in [0.25, 0.3) is 5.91 Å². The number of carbonyl (C=O) groups excluding carboxylic acids is 1. The maximum Gasteiger partial charge on any atom is 0.335 e. The van der Waals surface area contributed by atoms with Crippen LogP contribution in [-0.4, -0.2) is 22.0 Å². The summed E-state index contributed by atoms with van der Waals surface area (Å²) >= 11 is 0. The minimum Gasteiger partial charge on any atom is -0.478 e. The number of carboxylic acid groups (broad SMARTS) is 1. The van der Waals surface area contributed by atoms with Gasteiger partial charge in [-0.1, -0.05) is 0 Å². The molecule has 0 spiro atoms. The predicted molar refractivity (Wildman–Crippen MR) is 88.3 cm³/mol. The first-order valence-electron chi connectivity index (χ1n) is 6.94. The van der Waals surface area contributed by atoms with Crippen LogP contribution < -0.4 is 10.6 Å². The maximum absolute atomic E-state index is 12.1. The molecule has 1 heterocycles. The molecule has 120 valence electrons. The number of carbonyl (C=O) groups is 2. The first kappa shape index (κ1) is 16.7. The molecule has 3 N–H and O–H groups in total. The Bertz CT molecular complexity index is 836. The van der Waals surface area contributed by atoms with E-state index in [0.717, 1.165) is 5.56 Å². The molecular formula is C17H14N4O3. The van der Waals surface area contributed by atoms with E-state index in [0.29, 0.717) is 11.5 Å². The Balaban J connectivity index is 2.07. The highest BCUT2D eigenvalue weighted by atomic mass is 16.4. The summed E-state index contributed by atoms with van der Waals surface area (Å²) in [5.41, 5.74) is 1.35. The van der Waals surface area contributed by atoms with Gasteiger partial charge >= 0.3 is 5.97 Å². The van der Waals surface area contributed by atoms with Crippen molar-refractivity contribution in [2.75, 3.05) is 10.6 Å². The van der Waals surface area contributed by atoms with Crippen LogP contribution in [-0.2, 0) is 4.79 Å². The molecule has 0 aliphatic carbocycles. The average molecular weight is 322 g/mol. The Kier molecular flexibility index (Phi) is 5.26. The molecule has 0 saturated heterocycles. The number of hydrogen-bond donors (Lipinski definition) is 3. The highest BCUT2D eigenvalue weighted by Crippen LogP contribution is 2.11. The lowest BCUT2D eigenvalue weighted by Gasteiger charge is -2.05. The number of pyridine rings is 1. The van der Waals surface area contributed by atoms with Crippen molar-refractivity contribution in [2.24, 2.45) is 0 Å². The number of carboxylic acids is 1. The summed E-state index contributed by atoms with van der Waals surface area (Å²) in [5, 5.41) is 23.3. The normalized spacial score (nSPS) is 10.6. The number of benzene rings is 1. The summed E-state index contributed by atoms with van der Waals surface area (Å²) in [6.07, 6.45) is 2.88. The molecule has 2 aromatic rings. The van der Waals surface area contributed by atoms with E-state index in [2.05, 4.69) is 15.6 Å². The number of aromatic carboxylic acids is 1. The smallest absolute Gasteiger partial charge is 0.335 e. The number of aryl methyl sites for hydroxylation is 1. The maximum atomic E-state index is 12.1. The van der Waals surface area contributed by atoms with E-state index in [1.54, 1.807) is 18.3 Å². The SMILES string of the molecule is Cc1ccnc(N/C=C(/C#N)C(=O)Nc2ccc(C(=O)O)cc2)c1. The molecular weight excluding hydrogens is 308 g/mol. The number of nitrogens with one attached hydrogen (secondary N) is 2. The fourth-order valence-corrected chi connectivity index (χ4v) is 1.80. The van der Waals surface area contributed by atoms with Gasteiger partial charge < -0.3 is 15.7 Å². The Morgan fingerprint density at radius 2 is 1.96 bits per heavy atom. The summed E-state index contributed by atoms with van der Waals surface area (Å²) in [7, 11) is 0. The van der Waals surface area contributed by atoms with Crippen molar-refractivity contribution in [1.29, 1.82) is 5.26 Å². The van der Waals surface area contributed by atoms with Gasteiger partial charge in [0, 0.05) is 18.1 Å². The van der Waals surface area contributed by atoms with E-state index in [4.69, 9.17) is 10.4 Å². The zero-order valence-electron chi connectivity index (χ0n) is 12.8. The van der Waals surface area contributed by atoms with Crippen molar-refractivity contribution in [2.45, 2.75) is 6.92 Å². The van der Waals surface area contributed by atoms with Crippen molar-refractivity contribution in [3.05, 3.63) is 65.5 Å². The predicted octanol–water partition coefficient (Wildman–Crippen LogP) is 2.55. The Hall–Kier alpha value is -3.66. The summed E-state index contributed by atoms with van der Waals surface area (Å²) in [5.74, 6) is -1.15. The summed E-state index contributed by atoms with van der Waals surface area (Å²) < 4.78 is 0. The van der Waals surface area contributed by atoms with Gasteiger partial charge in [-0.05, 0) is 48.9 Å². The fraction of sp³-hybridized carbons (Fsp3) is 0.0588. The second kappa shape index (κ2) is 7.56. The van der Waals surface area contributed by atoms with Gasteiger partial charge in [-0.2, -0.15) is 5.26 Å². The molecule has 7 heteroatoms. The third-order valence-corrected chi connectivity index (χ3v) is 3.03. The van der Waals surface area contributed by atoms with Gasteiger partial charge in [-0.3, -0.25) is 4.79 Å². The van der Waals surface area contributed by atoms with Gasteiger partial charge in [-0.25, -0.2) is 9.78 Å². The van der Waals surface area contributed by atoms with Gasteiger partial charge in [-0.15, -0.1) is 0 Å². The standard InChI is InChI=1S/C17H14N4O3/c1-11-6-7-19-15(8-11)20-10-13(9-18)16(22)21-14-4-2-12(3-5-14)17(23)24/h2-8,10H,1H3,(H,19,20)(H,21,22)(H,23,24)/b13-10-. The third kappa shape index (κ3) is 4.42. The monoisotopic (exact) mass is 322 g/mol. The van der Waals surface area contributed by atoms with E-state index in [1.807, 2.05) is 13.0 Å². The molecule has 2 rings (SSSR count). The lowest BCUT2D eigenvalue weighted by Crippen LogP contribution is -2.14. The van der Waals surface area contributed by atoms with Crippen molar-refractivity contribution < 1.29 is 14.7 Å². The number of rotatable bonds is 5. The highest BCUT2D eigenvalue weighted by Gasteiger charge is 2.10. The lowest BCUT2D eigenvalue weighted by molar-refractivity contribution is -0.112. The van der Waals surface area contributed by atoms with Crippen LogP contribution in [0.25, 0.3) is 0 Å². The van der Waals surface area contributed by atoms with Crippen molar-refractivity contribution >= 4 is 23.4 Å². The van der Waals surface area contributed by atoms with E-state index in [1.165, 1.54) is 30.5 Å². The number of nitrogens with zero attached hydrogens (tertiary/aromatic N) is 2. The minimum atomic E-state index is -1.06. The first-order chi connectivity index (χ1) is 11.5. The Morgan fingerprint density at radius 1 is 1.25 bits per heavy atom. The molecule has 1 amide bonds. The number of aromatic nitrogens is 1. The molecule has 1 aromatic heterocycles. The first-order valence-corrected chi connectivity index (χ1v) is 6.94. The number of nitriles is 1. The van der Waals surface area contributed by atoms with Gasteiger partial charge in [0.15, 0.2) is 0 Å². The molecule has 0 atom stereocenters. The van der Waals surface area contributed by atoms with Crippen LogP contribution >= 0.6 is 0 Å².